The molecule has 0 unspecified atom stereocenters. The van der Waals surface area contributed by atoms with Gasteiger partial charge >= 0.3 is 6.09 Å². The number of nitrogens with zero attached hydrogens (tertiary/aromatic N) is 2. The Bertz CT molecular complexity index is 765. The van der Waals surface area contributed by atoms with Crippen LogP contribution in [0.2, 0.25) is 0 Å². The average molecular weight is 312 g/mol. The highest BCUT2D eigenvalue weighted by atomic mass is 16.6. The monoisotopic (exact) mass is 312 g/mol. The summed E-state index contributed by atoms with van der Waals surface area (Å²) in [7, 11) is 0. The lowest BCUT2D eigenvalue weighted by atomic mass is 10.0. The molecule has 1 aliphatic heterocycles. The molecular formula is C19H24N2O2. The van der Waals surface area contributed by atoms with Crippen molar-refractivity contribution < 1.29 is 9.53 Å². The maximum atomic E-state index is 12.2. The minimum Gasteiger partial charge on any atom is -0.444 e. The molecule has 0 spiro atoms. The molecule has 0 fully saturated rings. The number of hydrogen-bond donors (Lipinski definition) is 0. The van der Waals surface area contributed by atoms with Gasteiger partial charge in [-0.15, -0.1) is 0 Å². The van der Waals surface area contributed by atoms with Crippen LogP contribution in [0.25, 0.3) is 11.1 Å². The van der Waals surface area contributed by atoms with E-state index in [4.69, 9.17) is 4.74 Å². The number of amides is 1. The Labute approximate surface area is 137 Å². The highest BCUT2D eigenvalue weighted by Crippen LogP contribution is 2.28. The first-order chi connectivity index (χ1) is 10.8. The molecule has 0 atom stereocenters. The van der Waals surface area contributed by atoms with Gasteiger partial charge in [0.15, 0.2) is 0 Å². The van der Waals surface area contributed by atoms with Crippen LogP contribution < -0.4 is 0 Å². The van der Waals surface area contributed by atoms with Gasteiger partial charge in [0.1, 0.15) is 5.60 Å². The Morgan fingerprint density at radius 1 is 1.26 bits per heavy atom. The number of rotatable bonds is 1. The maximum absolute atomic E-state index is 12.2. The van der Waals surface area contributed by atoms with Crippen molar-refractivity contribution in [2.45, 2.75) is 39.7 Å². The van der Waals surface area contributed by atoms with Crippen molar-refractivity contribution >= 4 is 17.2 Å². The van der Waals surface area contributed by atoms with Crippen LogP contribution in [-0.4, -0.2) is 34.1 Å². The predicted octanol–water partition coefficient (Wildman–Crippen LogP) is 4.27. The lowest BCUT2D eigenvalue weighted by Gasteiger charge is -2.29. The van der Waals surface area contributed by atoms with E-state index in [1.165, 1.54) is 22.3 Å². The molecule has 2 aromatic heterocycles. The van der Waals surface area contributed by atoms with E-state index < -0.39 is 5.60 Å². The zero-order chi connectivity index (χ0) is 16.6. The third-order valence-electron chi connectivity index (χ3n) is 4.04. The van der Waals surface area contributed by atoms with E-state index in [1.54, 1.807) is 4.90 Å². The van der Waals surface area contributed by atoms with E-state index in [1.807, 2.05) is 26.8 Å². The Morgan fingerprint density at radius 2 is 2.04 bits per heavy atom. The molecule has 0 aromatic carbocycles. The number of aryl methyl sites for hydroxylation is 1. The number of pyridine rings is 1. The molecule has 4 nitrogen and oxygen atoms in total. The van der Waals surface area contributed by atoms with E-state index in [9.17, 15) is 4.79 Å². The lowest BCUT2D eigenvalue weighted by Crippen LogP contribution is -2.39. The van der Waals surface area contributed by atoms with Crippen molar-refractivity contribution in [1.29, 1.82) is 0 Å². The van der Waals surface area contributed by atoms with Gasteiger partial charge < -0.3 is 14.0 Å². The van der Waals surface area contributed by atoms with E-state index in [-0.39, 0.29) is 6.09 Å². The fourth-order valence-corrected chi connectivity index (χ4v) is 3.04. The molecule has 0 N–H and O–H groups in total. The highest BCUT2D eigenvalue weighted by Gasteiger charge is 2.24. The van der Waals surface area contributed by atoms with E-state index in [0.29, 0.717) is 13.1 Å². The first kappa shape index (κ1) is 15.7. The summed E-state index contributed by atoms with van der Waals surface area (Å²) in [6.07, 6.45) is 4.86. The van der Waals surface area contributed by atoms with Crippen molar-refractivity contribution in [2.75, 3.05) is 13.1 Å². The van der Waals surface area contributed by atoms with Gasteiger partial charge in [0, 0.05) is 24.8 Å². The van der Waals surface area contributed by atoms with Gasteiger partial charge in [0.05, 0.1) is 5.69 Å². The quantitative estimate of drug-likeness (QED) is 0.788. The normalized spacial score (nSPS) is 15.7. The SMILES string of the molecule is Cc1cc2ccccn2c1C1=CCN(C(=O)OC(C)(C)C)CC1. The molecule has 0 bridgehead atoms. The lowest BCUT2D eigenvalue weighted by molar-refractivity contribution is 0.0270. The first-order valence-corrected chi connectivity index (χ1v) is 8.09. The zero-order valence-corrected chi connectivity index (χ0v) is 14.3. The summed E-state index contributed by atoms with van der Waals surface area (Å²) in [4.78, 5) is 13.9. The largest absolute Gasteiger partial charge is 0.444 e. The number of aromatic nitrogens is 1. The van der Waals surface area contributed by atoms with E-state index >= 15 is 0 Å². The van der Waals surface area contributed by atoms with Crippen LogP contribution in [0.15, 0.2) is 36.5 Å². The summed E-state index contributed by atoms with van der Waals surface area (Å²) >= 11 is 0. The molecular weight excluding hydrogens is 288 g/mol. The third-order valence-corrected chi connectivity index (χ3v) is 4.04. The Balaban J connectivity index is 1.81. The van der Waals surface area contributed by atoms with Gasteiger partial charge in [0.25, 0.3) is 0 Å². The Kier molecular flexibility index (Phi) is 3.92. The molecule has 0 saturated carbocycles. The summed E-state index contributed by atoms with van der Waals surface area (Å²) in [5, 5.41) is 0. The van der Waals surface area contributed by atoms with Gasteiger partial charge in [-0.2, -0.15) is 0 Å². The summed E-state index contributed by atoms with van der Waals surface area (Å²) in [6.45, 7) is 9.12. The molecule has 4 heteroatoms. The van der Waals surface area contributed by atoms with Crippen LogP contribution in [-0.2, 0) is 4.74 Å². The molecule has 0 saturated heterocycles. The van der Waals surface area contributed by atoms with Gasteiger partial charge in [-0.25, -0.2) is 4.79 Å². The number of carbonyl (C=O) groups excluding carboxylic acids is 1. The van der Waals surface area contributed by atoms with Crippen molar-refractivity contribution in [3.63, 3.8) is 0 Å². The van der Waals surface area contributed by atoms with Crippen LogP contribution in [0.4, 0.5) is 4.79 Å². The predicted molar refractivity (Wildman–Crippen MR) is 92.5 cm³/mol. The maximum Gasteiger partial charge on any atom is 0.410 e. The Morgan fingerprint density at radius 3 is 2.70 bits per heavy atom. The number of carbonyl (C=O) groups is 1. The van der Waals surface area contributed by atoms with Crippen molar-refractivity contribution in [2.24, 2.45) is 0 Å². The Hall–Kier alpha value is -2.23. The molecule has 122 valence electrons. The van der Waals surface area contributed by atoms with Crippen LogP contribution in [0, 0.1) is 6.92 Å². The van der Waals surface area contributed by atoms with Crippen LogP contribution in [0.1, 0.15) is 38.4 Å². The standard InChI is InChI=1S/C19H24N2O2/c1-14-13-16-7-5-6-10-21(16)17(14)15-8-11-20(12-9-15)18(22)23-19(2,3)4/h5-8,10,13H,9,11-12H2,1-4H3. The summed E-state index contributed by atoms with van der Waals surface area (Å²) in [5.74, 6) is 0. The van der Waals surface area contributed by atoms with E-state index in [0.717, 1.165) is 6.42 Å². The molecule has 2 aromatic rings. The smallest absolute Gasteiger partial charge is 0.410 e. The fraction of sp³-hybridized carbons (Fsp3) is 0.421. The molecule has 3 heterocycles. The van der Waals surface area contributed by atoms with Crippen molar-refractivity contribution in [3.8, 4) is 0 Å². The minimum atomic E-state index is -0.449. The topological polar surface area (TPSA) is 34.0 Å². The number of ether oxygens (including phenoxy) is 1. The summed E-state index contributed by atoms with van der Waals surface area (Å²) in [5.41, 5.74) is 4.58. The van der Waals surface area contributed by atoms with Gasteiger partial charge in [-0.3, -0.25) is 0 Å². The summed E-state index contributed by atoms with van der Waals surface area (Å²) in [6, 6.07) is 8.42. The second-order valence-corrected chi connectivity index (χ2v) is 7.08. The van der Waals surface area contributed by atoms with Gasteiger partial charge in [0.2, 0.25) is 0 Å². The number of hydrogen-bond acceptors (Lipinski definition) is 2. The second-order valence-electron chi connectivity index (χ2n) is 7.08. The molecule has 1 aliphatic rings. The first-order valence-electron chi connectivity index (χ1n) is 8.09. The fourth-order valence-electron chi connectivity index (χ4n) is 3.04. The van der Waals surface area contributed by atoms with E-state index in [2.05, 4.69) is 41.8 Å². The van der Waals surface area contributed by atoms with Crippen molar-refractivity contribution in [3.05, 3.63) is 47.8 Å². The van der Waals surface area contributed by atoms with Crippen LogP contribution >= 0.6 is 0 Å². The molecule has 23 heavy (non-hydrogen) atoms. The molecule has 3 rings (SSSR count). The highest BCUT2D eigenvalue weighted by molar-refractivity contribution is 5.75. The van der Waals surface area contributed by atoms with Crippen LogP contribution in [0.3, 0.4) is 0 Å². The van der Waals surface area contributed by atoms with Crippen molar-refractivity contribution in [1.82, 2.24) is 9.30 Å². The number of fused-ring (bicyclic) bond motifs is 1. The third kappa shape index (κ3) is 3.26. The van der Waals surface area contributed by atoms with Crippen LogP contribution in [0.5, 0.6) is 0 Å². The summed E-state index contributed by atoms with van der Waals surface area (Å²) < 4.78 is 7.68. The van der Waals surface area contributed by atoms with Gasteiger partial charge in [-0.1, -0.05) is 12.1 Å². The zero-order valence-electron chi connectivity index (χ0n) is 14.3. The molecule has 1 amide bonds. The molecule has 0 radical (unpaired) electrons. The molecule has 0 aliphatic carbocycles. The second kappa shape index (κ2) is 5.76. The van der Waals surface area contributed by atoms with Gasteiger partial charge in [-0.05, 0) is 63.5 Å². The average Bonchev–Trinajstić information content (AvgIpc) is 2.81. The minimum absolute atomic E-state index is 0.232.